The molecule has 0 spiro atoms. The van der Waals surface area contributed by atoms with Crippen molar-refractivity contribution in [1.29, 1.82) is 0 Å². The number of phenols is 1. The molecule has 0 heterocycles. The summed E-state index contributed by atoms with van der Waals surface area (Å²) in [6.45, 7) is 4.86. The highest BCUT2D eigenvalue weighted by Crippen LogP contribution is 2.35. The summed E-state index contributed by atoms with van der Waals surface area (Å²) >= 11 is 0. The van der Waals surface area contributed by atoms with Crippen molar-refractivity contribution >= 4 is 10.8 Å². The summed E-state index contributed by atoms with van der Waals surface area (Å²) in [6, 6.07) is 9.77. The average Bonchev–Trinajstić information content (AvgIpc) is 2.44. The molecule has 0 aliphatic carbocycles. The Labute approximate surface area is 115 Å². The second-order valence-electron chi connectivity index (χ2n) is 4.99. The number of hydrogen-bond donors (Lipinski definition) is 1. The van der Waals surface area contributed by atoms with Gasteiger partial charge in [-0.15, -0.1) is 0 Å². The van der Waals surface area contributed by atoms with Crippen LogP contribution in [0.1, 0.15) is 38.2 Å². The van der Waals surface area contributed by atoms with Gasteiger partial charge in [0, 0.05) is 10.8 Å². The number of aromatic hydroxyl groups is 1. The molecule has 0 aliphatic rings. The summed E-state index contributed by atoms with van der Waals surface area (Å²) < 4.78 is 5.89. The highest BCUT2D eigenvalue weighted by molar-refractivity contribution is 5.94. The average molecular weight is 258 g/mol. The molecule has 102 valence electrons. The predicted octanol–water partition coefficient (Wildman–Crippen LogP) is 4.81. The zero-order valence-corrected chi connectivity index (χ0v) is 11.8. The van der Waals surface area contributed by atoms with Crippen LogP contribution in [0.4, 0.5) is 0 Å². The van der Waals surface area contributed by atoms with Crippen molar-refractivity contribution < 1.29 is 9.84 Å². The van der Waals surface area contributed by atoms with E-state index in [1.54, 1.807) is 0 Å². The Bertz CT molecular complexity index is 546. The van der Waals surface area contributed by atoms with Gasteiger partial charge in [0.05, 0.1) is 6.61 Å². The number of ether oxygens (including phenoxy) is 1. The standard InChI is InChI=1S/C17H22O2/c1-3-4-5-8-11-19-16-12-13(2)17(18)15-10-7-6-9-14(15)16/h6-7,9-10,12,18H,3-5,8,11H2,1-2H3. The molecule has 19 heavy (non-hydrogen) atoms. The molecule has 2 rings (SSSR count). The molecule has 0 aliphatic heterocycles. The van der Waals surface area contributed by atoms with E-state index < -0.39 is 0 Å². The van der Waals surface area contributed by atoms with Crippen molar-refractivity contribution in [3.8, 4) is 11.5 Å². The maximum absolute atomic E-state index is 10.1. The molecule has 2 aromatic carbocycles. The number of phenolic OH excluding ortho intramolecular Hbond substituents is 1. The van der Waals surface area contributed by atoms with E-state index in [1.165, 1.54) is 19.3 Å². The monoisotopic (exact) mass is 258 g/mol. The van der Waals surface area contributed by atoms with E-state index in [4.69, 9.17) is 4.74 Å². The first-order valence-electron chi connectivity index (χ1n) is 7.08. The van der Waals surface area contributed by atoms with Gasteiger partial charge < -0.3 is 9.84 Å². The predicted molar refractivity (Wildman–Crippen MR) is 80.0 cm³/mol. The summed E-state index contributed by atoms with van der Waals surface area (Å²) in [5, 5.41) is 11.9. The molecule has 0 unspecified atom stereocenters. The minimum absolute atomic E-state index is 0.355. The van der Waals surface area contributed by atoms with E-state index in [0.717, 1.165) is 35.1 Å². The normalized spacial score (nSPS) is 10.8. The lowest BCUT2D eigenvalue weighted by atomic mass is 10.0. The molecule has 1 N–H and O–H groups in total. The zero-order chi connectivity index (χ0) is 13.7. The zero-order valence-electron chi connectivity index (χ0n) is 11.8. The number of rotatable bonds is 6. The Morgan fingerprint density at radius 3 is 2.53 bits per heavy atom. The first-order chi connectivity index (χ1) is 9.24. The fraction of sp³-hybridized carbons (Fsp3) is 0.412. The van der Waals surface area contributed by atoms with Crippen LogP contribution in [-0.2, 0) is 0 Å². The maximum atomic E-state index is 10.1. The molecule has 0 amide bonds. The lowest BCUT2D eigenvalue weighted by molar-refractivity contribution is 0.308. The van der Waals surface area contributed by atoms with Crippen molar-refractivity contribution in [3.63, 3.8) is 0 Å². The van der Waals surface area contributed by atoms with Gasteiger partial charge in [-0.05, 0) is 25.0 Å². The second-order valence-corrected chi connectivity index (χ2v) is 4.99. The summed E-state index contributed by atoms with van der Waals surface area (Å²) in [5.74, 6) is 1.23. The molecule has 2 aromatic rings. The largest absolute Gasteiger partial charge is 0.507 e. The van der Waals surface area contributed by atoms with Crippen molar-refractivity contribution in [2.45, 2.75) is 39.5 Å². The van der Waals surface area contributed by atoms with Crippen LogP contribution in [-0.4, -0.2) is 11.7 Å². The van der Waals surface area contributed by atoms with E-state index in [-0.39, 0.29) is 0 Å². The third-order valence-corrected chi connectivity index (χ3v) is 3.42. The van der Waals surface area contributed by atoms with Gasteiger partial charge in [0.1, 0.15) is 11.5 Å². The third kappa shape index (κ3) is 3.19. The van der Waals surface area contributed by atoms with E-state index >= 15 is 0 Å². The molecule has 2 heteroatoms. The van der Waals surface area contributed by atoms with E-state index in [2.05, 4.69) is 6.92 Å². The van der Waals surface area contributed by atoms with Gasteiger partial charge >= 0.3 is 0 Å². The molecule has 0 bridgehead atoms. The highest BCUT2D eigenvalue weighted by Gasteiger charge is 2.09. The van der Waals surface area contributed by atoms with Crippen molar-refractivity contribution in [2.24, 2.45) is 0 Å². The van der Waals surface area contributed by atoms with Crippen LogP contribution in [0, 0.1) is 6.92 Å². The van der Waals surface area contributed by atoms with Crippen LogP contribution >= 0.6 is 0 Å². The van der Waals surface area contributed by atoms with Gasteiger partial charge in [0.25, 0.3) is 0 Å². The lowest BCUT2D eigenvalue weighted by Crippen LogP contribution is -1.98. The Hall–Kier alpha value is -1.70. The van der Waals surface area contributed by atoms with E-state index in [9.17, 15) is 5.11 Å². The molecular weight excluding hydrogens is 236 g/mol. The topological polar surface area (TPSA) is 29.5 Å². The molecule has 0 fully saturated rings. The van der Waals surface area contributed by atoms with Gasteiger partial charge in [-0.2, -0.15) is 0 Å². The number of aryl methyl sites for hydroxylation is 1. The van der Waals surface area contributed by atoms with Gasteiger partial charge in [0.15, 0.2) is 0 Å². The van der Waals surface area contributed by atoms with Gasteiger partial charge in [-0.3, -0.25) is 0 Å². The lowest BCUT2D eigenvalue weighted by Gasteiger charge is -2.12. The Morgan fingerprint density at radius 1 is 1.05 bits per heavy atom. The van der Waals surface area contributed by atoms with Crippen LogP contribution in [0.15, 0.2) is 30.3 Å². The van der Waals surface area contributed by atoms with Crippen LogP contribution < -0.4 is 4.74 Å². The summed E-state index contributed by atoms with van der Waals surface area (Å²) in [5.41, 5.74) is 0.863. The molecule has 0 aromatic heterocycles. The second kappa shape index (κ2) is 6.46. The summed E-state index contributed by atoms with van der Waals surface area (Å²) in [6.07, 6.45) is 4.80. The van der Waals surface area contributed by atoms with E-state index in [1.807, 2.05) is 37.3 Å². The van der Waals surface area contributed by atoms with Gasteiger partial charge in [0.2, 0.25) is 0 Å². The summed E-state index contributed by atoms with van der Waals surface area (Å²) in [7, 11) is 0. The number of hydrogen-bond acceptors (Lipinski definition) is 2. The molecule has 0 saturated carbocycles. The molecule has 2 nitrogen and oxygen atoms in total. The summed E-state index contributed by atoms with van der Waals surface area (Å²) in [4.78, 5) is 0. The van der Waals surface area contributed by atoms with Crippen molar-refractivity contribution in [2.75, 3.05) is 6.61 Å². The number of benzene rings is 2. The smallest absolute Gasteiger partial charge is 0.127 e. The van der Waals surface area contributed by atoms with Gasteiger partial charge in [-0.25, -0.2) is 0 Å². The van der Waals surface area contributed by atoms with E-state index in [0.29, 0.717) is 5.75 Å². The maximum Gasteiger partial charge on any atom is 0.127 e. The first-order valence-corrected chi connectivity index (χ1v) is 7.08. The minimum Gasteiger partial charge on any atom is -0.507 e. The minimum atomic E-state index is 0.355. The number of fused-ring (bicyclic) bond motifs is 1. The third-order valence-electron chi connectivity index (χ3n) is 3.42. The van der Waals surface area contributed by atoms with Crippen LogP contribution in [0.25, 0.3) is 10.8 Å². The Balaban J connectivity index is 2.16. The van der Waals surface area contributed by atoms with Crippen molar-refractivity contribution in [3.05, 3.63) is 35.9 Å². The van der Waals surface area contributed by atoms with Crippen molar-refractivity contribution in [1.82, 2.24) is 0 Å². The number of unbranched alkanes of at least 4 members (excludes halogenated alkanes) is 3. The molecule has 0 saturated heterocycles. The van der Waals surface area contributed by atoms with Crippen LogP contribution in [0.3, 0.4) is 0 Å². The first kappa shape index (κ1) is 13.7. The quantitative estimate of drug-likeness (QED) is 0.753. The van der Waals surface area contributed by atoms with Gasteiger partial charge in [-0.1, -0.05) is 50.5 Å². The van der Waals surface area contributed by atoms with Crippen LogP contribution in [0.2, 0.25) is 0 Å². The fourth-order valence-corrected chi connectivity index (χ4v) is 2.29. The highest BCUT2D eigenvalue weighted by atomic mass is 16.5. The fourth-order valence-electron chi connectivity index (χ4n) is 2.29. The Kier molecular flexibility index (Phi) is 4.67. The Morgan fingerprint density at radius 2 is 1.79 bits per heavy atom. The molecule has 0 atom stereocenters. The SMILES string of the molecule is CCCCCCOc1cc(C)c(O)c2ccccc12. The molecule has 0 radical (unpaired) electrons. The van der Waals surface area contributed by atoms with Crippen LogP contribution in [0.5, 0.6) is 11.5 Å². The molecular formula is C17H22O2.